The summed E-state index contributed by atoms with van der Waals surface area (Å²) >= 11 is 1.66. The number of hydrogen-bond acceptors (Lipinski definition) is 3. The molecular weight excluding hydrogens is 907 g/mol. The quantitative estimate of drug-likeness (QED) is 0.118. The minimum Gasteiger partial charge on any atom is -0.333 e. The average molecular weight is 954 g/mol. The maximum absolute atomic E-state index is 5.16. The van der Waals surface area contributed by atoms with E-state index in [2.05, 4.69) is 190 Å². The number of rotatable bonds is 7. The summed E-state index contributed by atoms with van der Waals surface area (Å²) in [5, 5.41) is 8.72. The van der Waals surface area contributed by atoms with Crippen molar-refractivity contribution >= 4 is 56.5 Å². The van der Waals surface area contributed by atoms with Gasteiger partial charge in [-0.15, -0.1) is 41.3 Å². The normalized spacial score (nSPS) is 11.5. The van der Waals surface area contributed by atoms with Crippen molar-refractivity contribution in [3.8, 4) is 39.5 Å². The van der Waals surface area contributed by atoms with Gasteiger partial charge in [0.25, 0.3) is 0 Å². The van der Waals surface area contributed by atoms with E-state index in [9.17, 15) is 0 Å². The summed E-state index contributed by atoms with van der Waals surface area (Å²) in [5.74, 6) is 1.59. The molecule has 9 rings (SSSR count). The van der Waals surface area contributed by atoms with E-state index in [1.165, 1.54) is 53.9 Å². The number of thiophene rings is 1. The Labute approximate surface area is 355 Å². The molecule has 3 aromatic heterocycles. The number of imidazole rings is 1. The first-order chi connectivity index (χ1) is 27.1. The molecule has 9 aromatic rings. The van der Waals surface area contributed by atoms with Gasteiger partial charge in [0.15, 0.2) is 0 Å². The molecule has 6 aromatic carbocycles. The predicted molar refractivity (Wildman–Crippen MR) is 243 cm³/mol. The Morgan fingerprint density at radius 3 is 2.23 bits per heavy atom. The summed E-state index contributed by atoms with van der Waals surface area (Å²) in [4.78, 5) is 9.85. The molecule has 0 amide bonds. The van der Waals surface area contributed by atoms with Gasteiger partial charge < -0.3 is 9.55 Å². The van der Waals surface area contributed by atoms with E-state index >= 15 is 0 Å². The van der Waals surface area contributed by atoms with E-state index in [0.29, 0.717) is 5.92 Å². The van der Waals surface area contributed by atoms with E-state index in [1.54, 1.807) is 11.3 Å². The molecule has 1 radical (unpaired) electrons. The number of aromatic nitrogens is 3. The molecular formula is C51H47IrN3SSi-2. The van der Waals surface area contributed by atoms with Crippen LogP contribution in [-0.2, 0) is 26.5 Å². The van der Waals surface area contributed by atoms with Gasteiger partial charge in [0.05, 0.1) is 24.9 Å². The summed E-state index contributed by atoms with van der Waals surface area (Å²) in [5.41, 5.74) is 13.0. The second kappa shape index (κ2) is 16.9. The van der Waals surface area contributed by atoms with E-state index in [4.69, 9.17) is 4.98 Å². The third-order valence-electron chi connectivity index (χ3n) is 10.5. The zero-order valence-electron chi connectivity index (χ0n) is 33.6. The van der Waals surface area contributed by atoms with Crippen molar-refractivity contribution in [2.75, 3.05) is 0 Å². The van der Waals surface area contributed by atoms with Crippen molar-refractivity contribution in [3.63, 3.8) is 0 Å². The first-order valence-electron chi connectivity index (χ1n) is 19.5. The van der Waals surface area contributed by atoms with Crippen LogP contribution in [-0.4, -0.2) is 22.6 Å². The van der Waals surface area contributed by atoms with Crippen LogP contribution in [0.1, 0.15) is 30.5 Å². The van der Waals surface area contributed by atoms with Crippen LogP contribution in [0.15, 0.2) is 140 Å². The molecule has 57 heavy (non-hydrogen) atoms. The molecule has 0 atom stereocenters. The fraction of sp³-hybridized carbons (Fsp3) is 0.176. The van der Waals surface area contributed by atoms with Crippen LogP contribution in [0.2, 0.25) is 19.6 Å². The smallest absolute Gasteiger partial charge is 0.0798 e. The van der Waals surface area contributed by atoms with Gasteiger partial charge in [-0.2, -0.15) is 0 Å². The van der Waals surface area contributed by atoms with E-state index < -0.39 is 8.07 Å². The van der Waals surface area contributed by atoms with Crippen molar-refractivity contribution in [1.29, 1.82) is 0 Å². The number of aryl methyl sites for hydroxylation is 2. The monoisotopic (exact) mass is 954 g/mol. The van der Waals surface area contributed by atoms with Crippen LogP contribution in [0.3, 0.4) is 0 Å². The molecule has 0 unspecified atom stereocenters. The molecule has 0 aliphatic heterocycles. The molecule has 0 bridgehead atoms. The molecule has 6 heteroatoms. The molecule has 3 heterocycles. The fourth-order valence-electron chi connectivity index (χ4n) is 7.89. The molecule has 0 N–H and O–H groups in total. The van der Waals surface area contributed by atoms with Gasteiger partial charge in [0, 0.05) is 37.4 Å². The Hall–Kier alpha value is -4.97. The summed E-state index contributed by atoms with van der Waals surface area (Å²) in [6.07, 6.45) is 3.24. The van der Waals surface area contributed by atoms with Gasteiger partial charge >= 0.3 is 0 Å². The van der Waals surface area contributed by atoms with Gasteiger partial charge in [-0.3, -0.25) is 16.3 Å². The second-order valence-corrected chi connectivity index (χ2v) is 22.1. The van der Waals surface area contributed by atoms with Crippen LogP contribution in [0.4, 0.5) is 0 Å². The van der Waals surface area contributed by atoms with Gasteiger partial charge in [-0.1, -0.05) is 146 Å². The standard InChI is InChI=1S/C33H23N2S.C18H24NSi.Ir/c1-21-9-7-10-22(2)32(21)24-17-18-31-26(19-24)27(20-36-31)33-34-28-14-5-6-15-30(28)35(33)29-16-8-12-23-11-3-4-13-25(23)29;1-14(2)11-16-12-17(15-9-7-6-8-10-15)19-13-18(16)20(3,4)5;/h3-19H,1-2H3;6-9,12-14H,11H2,1-5H3;/q2*-1;. The summed E-state index contributed by atoms with van der Waals surface area (Å²) in [6, 6.07) is 50.3. The Bertz CT molecular complexity index is 2800. The topological polar surface area (TPSA) is 30.7 Å². The van der Waals surface area contributed by atoms with Crippen LogP contribution in [0.5, 0.6) is 0 Å². The largest absolute Gasteiger partial charge is 0.333 e. The van der Waals surface area contributed by atoms with Crippen LogP contribution in [0, 0.1) is 31.2 Å². The van der Waals surface area contributed by atoms with Gasteiger partial charge in [-0.05, 0) is 82.9 Å². The van der Waals surface area contributed by atoms with Crippen molar-refractivity contribution in [3.05, 3.63) is 168 Å². The Morgan fingerprint density at radius 2 is 1.47 bits per heavy atom. The number of para-hydroxylation sites is 2. The number of fused-ring (bicyclic) bond motifs is 3. The summed E-state index contributed by atoms with van der Waals surface area (Å²) in [7, 11) is -1.34. The maximum atomic E-state index is 5.16. The molecule has 0 saturated heterocycles. The molecule has 0 fully saturated rings. The van der Waals surface area contributed by atoms with Crippen molar-refractivity contribution in [2.24, 2.45) is 5.92 Å². The Morgan fingerprint density at radius 1 is 0.754 bits per heavy atom. The van der Waals surface area contributed by atoms with Crippen LogP contribution >= 0.6 is 11.3 Å². The van der Waals surface area contributed by atoms with Gasteiger partial charge in [0.2, 0.25) is 0 Å². The molecule has 0 aliphatic rings. The van der Waals surface area contributed by atoms with E-state index in [1.807, 2.05) is 18.2 Å². The third kappa shape index (κ3) is 8.24. The predicted octanol–water partition coefficient (Wildman–Crippen LogP) is 13.4. The maximum Gasteiger partial charge on any atom is 0.0798 e. The first-order valence-corrected chi connectivity index (χ1v) is 23.8. The van der Waals surface area contributed by atoms with Crippen LogP contribution in [0.25, 0.3) is 71.4 Å². The second-order valence-electron chi connectivity index (χ2n) is 16.2. The molecule has 0 spiro atoms. The average Bonchev–Trinajstić information content (AvgIpc) is 3.79. The first kappa shape index (κ1) is 40.2. The minimum absolute atomic E-state index is 0. The Kier molecular flexibility index (Phi) is 11.9. The fourth-order valence-corrected chi connectivity index (χ4v) is 10.3. The Balaban J connectivity index is 0.000000202. The van der Waals surface area contributed by atoms with Crippen molar-refractivity contribution in [1.82, 2.24) is 14.5 Å². The number of pyridine rings is 1. The van der Waals surface area contributed by atoms with E-state index in [-0.39, 0.29) is 20.1 Å². The summed E-state index contributed by atoms with van der Waals surface area (Å²) < 4.78 is 3.53. The van der Waals surface area contributed by atoms with Crippen LogP contribution < -0.4 is 5.19 Å². The number of hydrogen-bond donors (Lipinski definition) is 0. The van der Waals surface area contributed by atoms with Gasteiger partial charge in [-0.25, -0.2) is 0 Å². The van der Waals surface area contributed by atoms with Gasteiger partial charge in [0.1, 0.15) is 0 Å². The van der Waals surface area contributed by atoms with Crippen molar-refractivity contribution in [2.45, 2.75) is 53.8 Å². The molecule has 3 nitrogen and oxygen atoms in total. The molecule has 287 valence electrons. The molecule has 0 saturated carbocycles. The SMILES string of the molecule is CC(C)Cc1cc(-c2[c-]cccc2)ncc1[Si](C)(C)C.Cc1cccc(C)c1-c1ccc2s[c-]c(-c3nc4ccccc4n3-c3cccc4ccccc34)c2c1.[Ir]. The number of nitrogens with zero attached hydrogens (tertiary/aromatic N) is 3. The zero-order chi connectivity index (χ0) is 39.0. The third-order valence-corrected chi connectivity index (χ3v) is 13.4. The zero-order valence-corrected chi connectivity index (χ0v) is 37.9. The summed E-state index contributed by atoms with van der Waals surface area (Å²) in [6.45, 7) is 16.1. The minimum atomic E-state index is -1.34. The molecule has 0 aliphatic carbocycles. The number of benzene rings is 6. The van der Waals surface area contributed by atoms with E-state index in [0.717, 1.165) is 45.8 Å². The van der Waals surface area contributed by atoms with Crippen molar-refractivity contribution < 1.29 is 20.1 Å².